The van der Waals surface area contributed by atoms with Crippen molar-refractivity contribution in [2.75, 3.05) is 0 Å². The maximum Gasteiger partial charge on any atom is 0.240 e. The first-order valence-corrected chi connectivity index (χ1v) is 22.9. The van der Waals surface area contributed by atoms with E-state index in [-0.39, 0.29) is 0 Å². The Hall–Kier alpha value is -8.72. The van der Waals surface area contributed by atoms with Gasteiger partial charge in [0.05, 0.1) is 43.3 Å². The van der Waals surface area contributed by atoms with Crippen LogP contribution >= 0.6 is 11.3 Å². The molecule has 5 heterocycles. The molecule has 9 aromatic carbocycles. The molecule has 0 fully saturated rings. The normalized spacial score (nSPS) is 11.9. The van der Waals surface area contributed by atoms with E-state index < -0.39 is 0 Å². The van der Waals surface area contributed by atoms with Crippen molar-refractivity contribution >= 4 is 87.0 Å². The Bertz CT molecular complexity index is 4170. The lowest BCUT2D eigenvalue weighted by molar-refractivity contribution is 0.894. The molecule has 0 saturated carbocycles. The maximum absolute atomic E-state index is 5.56. The number of para-hydroxylation sites is 5. The van der Waals surface area contributed by atoms with E-state index in [1.165, 1.54) is 16.5 Å². The molecule has 7 nitrogen and oxygen atoms in total. The summed E-state index contributed by atoms with van der Waals surface area (Å²) in [6.45, 7) is 0. The molecule has 0 saturated heterocycles. The number of hydrogen-bond acceptors (Lipinski definition) is 5. The summed E-state index contributed by atoms with van der Waals surface area (Å²) < 4.78 is 7.86. The first-order chi connectivity index (χ1) is 32.7. The van der Waals surface area contributed by atoms with E-state index in [0.29, 0.717) is 17.7 Å². The van der Waals surface area contributed by atoms with Crippen LogP contribution in [-0.2, 0) is 0 Å². The number of rotatable bonds is 6. The Morgan fingerprint density at radius 1 is 0.318 bits per heavy atom. The van der Waals surface area contributed by atoms with E-state index in [1.807, 2.05) is 6.07 Å². The van der Waals surface area contributed by atoms with E-state index in [1.54, 1.807) is 11.3 Å². The topological polar surface area (TPSA) is 66.3 Å². The average Bonchev–Trinajstić information content (AvgIpc) is 4.15. The van der Waals surface area contributed by atoms with Gasteiger partial charge in [0.15, 0.2) is 5.82 Å². The third-order valence-electron chi connectivity index (χ3n) is 13.0. The fourth-order valence-electron chi connectivity index (χ4n) is 10.1. The van der Waals surface area contributed by atoms with E-state index >= 15 is 0 Å². The van der Waals surface area contributed by atoms with Gasteiger partial charge in [-0.25, -0.2) is 4.98 Å². The second-order valence-electron chi connectivity index (χ2n) is 16.6. The summed E-state index contributed by atoms with van der Waals surface area (Å²) in [5.74, 6) is 1.63. The predicted octanol–water partition coefficient (Wildman–Crippen LogP) is 14.8. The summed E-state index contributed by atoms with van der Waals surface area (Å²) in [6, 6.07) is 74.9. The molecule has 8 heteroatoms. The van der Waals surface area contributed by atoms with Gasteiger partial charge in [-0.2, -0.15) is 15.0 Å². The molecule has 0 amide bonds. The highest BCUT2D eigenvalue weighted by molar-refractivity contribution is 7.22. The van der Waals surface area contributed by atoms with Crippen LogP contribution in [0.3, 0.4) is 0 Å². The maximum atomic E-state index is 5.56. The van der Waals surface area contributed by atoms with Crippen molar-refractivity contribution in [3.05, 3.63) is 212 Å². The lowest BCUT2D eigenvalue weighted by Gasteiger charge is -2.14. The van der Waals surface area contributed by atoms with Crippen LogP contribution < -0.4 is 0 Å². The van der Waals surface area contributed by atoms with Gasteiger partial charge in [-0.15, -0.1) is 11.3 Å². The zero-order valence-electron chi connectivity index (χ0n) is 35.2. The molecule has 0 aliphatic rings. The Morgan fingerprint density at radius 2 is 0.788 bits per heavy atom. The van der Waals surface area contributed by atoms with Crippen LogP contribution in [0.5, 0.6) is 0 Å². The lowest BCUT2D eigenvalue weighted by atomic mass is 10.0. The summed E-state index contributed by atoms with van der Waals surface area (Å²) in [6.07, 6.45) is 0. The number of benzene rings is 9. The Balaban J connectivity index is 1.07. The van der Waals surface area contributed by atoms with E-state index in [2.05, 4.69) is 220 Å². The average molecular weight is 862 g/mol. The number of nitrogens with zero attached hydrogens (tertiary/aromatic N) is 7. The van der Waals surface area contributed by atoms with Crippen LogP contribution in [0.2, 0.25) is 0 Å². The number of fused-ring (bicyclic) bond motifs is 11. The van der Waals surface area contributed by atoms with Gasteiger partial charge in [0, 0.05) is 49.1 Å². The summed E-state index contributed by atoms with van der Waals surface area (Å²) in [7, 11) is 0. The smallest absolute Gasteiger partial charge is 0.240 e. The van der Waals surface area contributed by atoms with Gasteiger partial charge in [-0.3, -0.25) is 9.13 Å². The fraction of sp³-hybridized carbons (Fsp3) is 0. The molecule has 14 aromatic rings. The molecular formula is C58H35N7S. The summed E-state index contributed by atoms with van der Waals surface area (Å²) >= 11 is 1.67. The first-order valence-electron chi connectivity index (χ1n) is 22.1. The Labute approximate surface area is 381 Å². The first kappa shape index (κ1) is 36.7. The largest absolute Gasteiger partial charge is 0.307 e. The van der Waals surface area contributed by atoms with E-state index in [0.717, 1.165) is 92.1 Å². The fourth-order valence-corrected chi connectivity index (χ4v) is 11.1. The second kappa shape index (κ2) is 14.4. The van der Waals surface area contributed by atoms with Crippen LogP contribution in [0.4, 0.5) is 0 Å². The van der Waals surface area contributed by atoms with Crippen molar-refractivity contribution in [1.82, 2.24) is 33.6 Å². The van der Waals surface area contributed by atoms with Crippen LogP contribution in [0, 0.1) is 0 Å². The lowest BCUT2D eigenvalue weighted by Crippen LogP contribution is -2.10. The summed E-state index contributed by atoms with van der Waals surface area (Å²) in [5, 5.41) is 7.78. The molecule has 0 N–H and O–H groups in total. The van der Waals surface area contributed by atoms with Gasteiger partial charge < -0.3 is 4.57 Å². The molecule has 0 radical (unpaired) electrons. The van der Waals surface area contributed by atoms with Gasteiger partial charge in [-0.05, 0) is 59.7 Å². The van der Waals surface area contributed by atoms with E-state index in [9.17, 15) is 0 Å². The van der Waals surface area contributed by atoms with Crippen molar-refractivity contribution in [3.8, 4) is 50.7 Å². The van der Waals surface area contributed by atoms with Crippen molar-refractivity contribution in [2.45, 2.75) is 0 Å². The van der Waals surface area contributed by atoms with Gasteiger partial charge in [0.2, 0.25) is 11.9 Å². The van der Waals surface area contributed by atoms with E-state index in [4.69, 9.17) is 19.9 Å². The zero-order valence-corrected chi connectivity index (χ0v) is 36.1. The van der Waals surface area contributed by atoms with Gasteiger partial charge in [0.1, 0.15) is 5.01 Å². The molecule has 0 unspecified atom stereocenters. The molecule has 0 atom stereocenters. The quantitative estimate of drug-likeness (QED) is 0.167. The van der Waals surface area contributed by atoms with Crippen LogP contribution in [0.15, 0.2) is 212 Å². The summed E-state index contributed by atoms with van der Waals surface area (Å²) in [5.41, 5.74) is 12.6. The molecule has 0 bridgehead atoms. The third-order valence-corrected chi connectivity index (χ3v) is 14.1. The number of hydrogen-bond donors (Lipinski definition) is 0. The van der Waals surface area contributed by atoms with Gasteiger partial charge >= 0.3 is 0 Å². The highest BCUT2D eigenvalue weighted by atomic mass is 32.1. The Kier molecular flexibility index (Phi) is 8.02. The molecule has 14 rings (SSSR count). The predicted molar refractivity (Wildman–Crippen MR) is 272 cm³/mol. The highest BCUT2D eigenvalue weighted by Crippen LogP contribution is 2.43. The molecule has 66 heavy (non-hydrogen) atoms. The molecule has 0 aliphatic carbocycles. The van der Waals surface area contributed by atoms with Crippen molar-refractivity contribution < 1.29 is 0 Å². The molecule has 308 valence electrons. The SMILES string of the molecule is c1ccc(-c2ccc(-c3nc4cccc(-c5nc(-n6c7ccccc7c7ccccc76)nc(-n6c7ccccc7c7ccc8c9ccccc9n(-c9ccccc9)c8c76)n5)c4s3)cc2)cc1. The standard InChI is InChI=1S/C58H35N7S/c1-3-16-36(17-4-1)37-30-32-38(33-31-37)56-59-47-25-15-24-46(54(47)66-56)55-60-57(64-49-27-12-7-20-40(49)41-21-8-13-28-50(41)64)62-58(61-55)65-51-29-14-10-23-43(51)45-35-34-44-42-22-9-11-26-48(42)63(52(44)53(45)65)39-18-5-2-6-19-39/h1-35H. The molecular weight excluding hydrogens is 827 g/mol. The van der Waals surface area contributed by atoms with Gasteiger partial charge in [0.25, 0.3) is 0 Å². The number of thiazole rings is 1. The van der Waals surface area contributed by atoms with Crippen LogP contribution in [-0.4, -0.2) is 33.6 Å². The van der Waals surface area contributed by atoms with Crippen LogP contribution in [0.25, 0.3) is 126 Å². The number of aromatic nitrogens is 7. The van der Waals surface area contributed by atoms with Crippen LogP contribution in [0.1, 0.15) is 0 Å². The highest BCUT2D eigenvalue weighted by Gasteiger charge is 2.25. The minimum absolute atomic E-state index is 0.527. The monoisotopic (exact) mass is 861 g/mol. The zero-order chi connectivity index (χ0) is 43.3. The van der Waals surface area contributed by atoms with Crippen molar-refractivity contribution in [2.24, 2.45) is 0 Å². The Morgan fingerprint density at radius 3 is 1.41 bits per heavy atom. The molecule has 0 aliphatic heterocycles. The molecule has 5 aromatic heterocycles. The second-order valence-corrected chi connectivity index (χ2v) is 17.6. The summed E-state index contributed by atoms with van der Waals surface area (Å²) in [4.78, 5) is 21.8. The minimum atomic E-state index is 0.527. The van der Waals surface area contributed by atoms with Crippen molar-refractivity contribution in [1.29, 1.82) is 0 Å². The minimum Gasteiger partial charge on any atom is -0.307 e. The van der Waals surface area contributed by atoms with Gasteiger partial charge in [-0.1, -0.05) is 164 Å². The third kappa shape index (κ3) is 5.49. The van der Waals surface area contributed by atoms with Crippen molar-refractivity contribution in [3.63, 3.8) is 0 Å². The molecule has 0 spiro atoms.